The van der Waals surface area contributed by atoms with Gasteiger partial charge in [-0.25, -0.2) is 4.39 Å². The predicted molar refractivity (Wildman–Crippen MR) is 112 cm³/mol. The van der Waals surface area contributed by atoms with Crippen LogP contribution in [0.25, 0.3) is 0 Å². The Morgan fingerprint density at radius 3 is 1.86 bits per heavy atom. The second-order valence-corrected chi connectivity index (χ2v) is 8.82. The maximum absolute atomic E-state index is 15.3. The molecule has 0 atom stereocenters. The largest absolute Gasteiger partial charge is 0.490 e. The molecule has 1 aromatic rings. The molecular formula is C25H38F2O. The van der Waals surface area contributed by atoms with Gasteiger partial charge in [0.25, 0.3) is 0 Å². The van der Waals surface area contributed by atoms with Crippen molar-refractivity contribution in [3.63, 3.8) is 0 Å². The molecule has 0 amide bonds. The van der Waals surface area contributed by atoms with Crippen LogP contribution in [0.4, 0.5) is 8.78 Å². The molecule has 1 aromatic carbocycles. The Bertz CT molecular complexity index is 628. The van der Waals surface area contributed by atoms with Crippen LogP contribution in [0.2, 0.25) is 0 Å². The van der Waals surface area contributed by atoms with Crippen molar-refractivity contribution in [1.29, 1.82) is 0 Å². The maximum Gasteiger partial charge on any atom is 0.201 e. The first-order valence-electron chi connectivity index (χ1n) is 11.8. The van der Waals surface area contributed by atoms with E-state index in [1.165, 1.54) is 38.5 Å². The Labute approximate surface area is 170 Å². The molecule has 0 spiro atoms. The predicted octanol–water partition coefficient (Wildman–Crippen LogP) is 8.19. The third-order valence-corrected chi connectivity index (χ3v) is 6.86. The second kappa shape index (κ2) is 10.6. The highest BCUT2D eigenvalue weighted by Gasteiger charge is 2.34. The molecule has 1 nitrogen and oxygen atoms in total. The van der Waals surface area contributed by atoms with Gasteiger partial charge in [-0.1, -0.05) is 58.3 Å². The zero-order valence-corrected chi connectivity index (χ0v) is 17.9. The van der Waals surface area contributed by atoms with Gasteiger partial charge in [0, 0.05) is 5.56 Å². The quantitative estimate of drug-likeness (QED) is 0.405. The molecule has 0 unspecified atom stereocenters. The van der Waals surface area contributed by atoms with Crippen LogP contribution in [0.3, 0.4) is 0 Å². The molecule has 0 aliphatic heterocycles. The molecule has 2 fully saturated rings. The van der Waals surface area contributed by atoms with E-state index in [1.807, 2.05) is 6.92 Å². The average molecular weight is 393 g/mol. The van der Waals surface area contributed by atoms with E-state index in [4.69, 9.17) is 4.74 Å². The number of halogens is 2. The van der Waals surface area contributed by atoms with E-state index >= 15 is 8.78 Å². The van der Waals surface area contributed by atoms with Gasteiger partial charge in [0.2, 0.25) is 5.82 Å². The third-order valence-electron chi connectivity index (χ3n) is 6.86. The molecule has 0 bridgehead atoms. The molecule has 2 saturated carbocycles. The first-order chi connectivity index (χ1) is 13.7. The van der Waals surface area contributed by atoms with Crippen LogP contribution in [0, 0.1) is 11.6 Å². The number of hydrogen-bond acceptors (Lipinski definition) is 1. The molecule has 2 aliphatic rings. The van der Waals surface area contributed by atoms with E-state index in [0.717, 1.165) is 56.1 Å². The van der Waals surface area contributed by atoms with E-state index in [2.05, 4.69) is 6.92 Å². The number of unbranched alkanes of at least 4 members (excludes halogenated alkanes) is 2. The highest BCUT2D eigenvalue weighted by atomic mass is 19.2. The Morgan fingerprint density at radius 2 is 1.32 bits per heavy atom. The van der Waals surface area contributed by atoms with Gasteiger partial charge in [0.1, 0.15) is 0 Å². The van der Waals surface area contributed by atoms with Crippen LogP contribution in [-0.4, -0.2) is 6.61 Å². The average Bonchev–Trinajstić information content (AvgIpc) is 2.74. The van der Waals surface area contributed by atoms with E-state index in [1.54, 1.807) is 0 Å². The first-order valence-corrected chi connectivity index (χ1v) is 11.8. The molecule has 3 rings (SSSR count). The fourth-order valence-electron chi connectivity index (χ4n) is 5.49. The summed E-state index contributed by atoms with van der Waals surface area (Å²) in [5, 5.41) is 0. The normalized spacial score (nSPS) is 19.1. The smallest absolute Gasteiger partial charge is 0.201 e. The summed E-state index contributed by atoms with van der Waals surface area (Å²) < 4.78 is 36.3. The van der Waals surface area contributed by atoms with Crippen LogP contribution < -0.4 is 4.74 Å². The van der Waals surface area contributed by atoms with Gasteiger partial charge in [0.05, 0.1) is 6.61 Å². The van der Waals surface area contributed by atoms with Crippen molar-refractivity contribution in [3.05, 3.63) is 28.3 Å². The molecule has 158 valence electrons. The van der Waals surface area contributed by atoms with Gasteiger partial charge < -0.3 is 4.74 Å². The van der Waals surface area contributed by atoms with Crippen LogP contribution in [0.1, 0.15) is 126 Å². The van der Waals surface area contributed by atoms with Crippen molar-refractivity contribution < 1.29 is 13.5 Å². The van der Waals surface area contributed by atoms with E-state index < -0.39 is 11.6 Å². The minimum atomic E-state index is -0.728. The lowest BCUT2D eigenvalue weighted by molar-refractivity contribution is 0.298. The summed E-state index contributed by atoms with van der Waals surface area (Å²) in [5.41, 5.74) is 2.89. The highest BCUT2D eigenvalue weighted by molar-refractivity contribution is 5.51. The fourth-order valence-corrected chi connectivity index (χ4v) is 5.49. The Balaban J connectivity index is 2.15. The molecule has 0 radical (unpaired) electrons. The van der Waals surface area contributed by atoms with Gasteiger partial charge >= 0.3 is 0 Å². The summed E-state index contributed by atoms with van der Waals surface area (Å²) in [5.74, 6) is -0.413. The minimum absolute atomic E-state index is 0.242. The third kappa shape index (κ3) is 4.71. The lowest BCUT2D eigenvalue weighted by Gasteiger charge is -2.33. The number of hydrogen-bond donors (Lipinski definition) is 0. The summed E-state index contributed by atoms with van der Waals surface area (Å²) in [4.78, 5) is 0. The molecule has 0 heterocycles. The zero-order valence-electron chi connectivity index (χ0n) is 17.9. The molecule has 2 aliphatic carbocycles. The van der Waals surface area contributed by atoms with E-state index in [-0.39, 0.29) is 5.75 Å². The van der Waals surface area contributed by atoms with Crippen molar-refractivity contribution in [2.75, 3.05) is 6.61 Å². The number of benzene rings is 1. The maximum atomic E-state index is 15.3. The molecule has 28 heavy (non-hydrogen) atoms. The number of rotatable bonds is 8. The topological polar surface area (TPSA) is 9.23 Å². The monoisotopic (exact) mass is 392 g/mol. The van der Waals surface area contributed by atoms with Crippen molar-refractivity contribution in [2.45, 2.75) is 116 Å². The van der Waals surface area contributed by atoms with Crippen LogP contribution >= 0.6 is 0 Å². The fraction of sp³-hybridized carbons (Fsp3) is 0.760. The standard InChI is InChI=1S/C25H38F2O/c1-3-5-8-17-20-21(18-13-9-6-10-14-18)22(19-15-11-7-12-16-19)25(28-4-2)24(27)23(20)26/h18-19H,3-17H2,1-2H3. The Kier molecular flexibility index (Phi) is 8.17. The molecule has 0 N–H and O–H groups in total. The minimum Gasteiger partial charge on any atom is -0.490 e. The van der Waals surface area contributed by atoms with Gasteiger partial charge in [-0.05, 0) is 68.4 Å². The molecule has 0 aromatic heterocycles. The van der Waals surface area contributed by atoms with Crippen molar-refractivity contribution >= 4 is 0 Å². The SMILES string of the molecule is CCCCCc1c(F)c(F)c(OCC)c(C2CCCCC2)c1C1CCCCC1. The second-order valence-electron chi connectivity index (χ2n) is 8.82. The summed E-state index contributed by atoms with van der Waals surface area (Å²) >= 11 is 0. The van der Waals surface area contributed by atoms with Gasteiger partial charge in [-0.2, -0.15) is 4.39 Å². The molecular weight excluding hydrogens is 354 g/mol. The van der Waals surface area contributed by atoms with E-state index in [0.29, 0.717) is 30.4 Å². The summed E-state index contributed by atoms with van der Waals surface area (Å²) in [7, 11) is 0. The number of ether oxygens (including phenoxy) is 1. The van der Waals surface area contributed by atoms with Gasteiger partial charge in [0.15, 0.2) is 11.6 Å². The summed E-state index contributed by atoms with van der Waals surface area (Å²) in [6, 6.07) is 0. The van der Waals surface area contributed by atoms with E-state index in [9.17, 15) is 0 Å². The lowest BCUT2D eigenvalue weighted by Crippen LogP contribution is -2.19. The van der Waals surface area contributed by atoms with Crippen molar-refractivity contribution in [3.8, 4) is 5.75 Å². The highest BCUT2D eigenvalue weighted by Crippen LogP contribution is 2.48. The van der Waals surface area contributed by atoms with Crippen molar-refractivity contribution in [2.24, 2.45) is 0 Å². The van der Waals surface area contributed by atoms with Crippen molar-refractivity contribution in [1.82, 2.24) is 0 Å². The Hall–Kier alpha value is -1.12. The molecule has 3 heteroatoms. The molecule has 0 saturated heterocycles. The van der Waals surface area contributed by atoms with Crippen LogP contribution in [-0.2, 0) is 6.42 Å². The van der Waals surface area contributed by atoms with Gasteiger partial charge in [-0.3, -0.25) is 0 Å². The van der Waals surface area contributed by atoms with Crippen LogP contribution in [0.15, 0.2) is 0 Å². The lowest BCUT2D eigenvalue weighted by atomic mass is 9.73. The van der Waals surface area contributed by atoms with Crippen LogP contribution in [0.5, 0.6) is 5.75 Å². The first kappa shape index (κ1) is 21.6. The summed E-state index contributed by atoms with van der Waals surface area (Å²) in [6.45, 7) is 4.41. The zero-order chi connectivity index (χ0) is 19.9. The van der Waals surface area contributed by atoms with Gasteiger partial charge in [-0.15, -0.1) is 0 Å². The Morgan fingerprint density at radius 1 is 0.750 bits per heavy atom. The summed E-state index contributed by atoms with van der Waals surface area (Å²) in [6.07, 6.45) is 15.4.